The Hall–Kier alpha value is -3.15. The molecule has 0 bridgehead atoms. The molecule has 6 nitrogen and oxygen atoms in total. The van der Waals surface area contributed by atoms with E-state index in [-0.39, 0.29) is 23.8 Å². The third kappa shape index (κ3) is 6.23. The van der Waals surface area contributed by atoms with E-state index in [2.05, 4.69) is 5.32 Å². The summed E-state index contributed by atoms with van der Waals surface area (Å²) in [5, 5.41) is 11.8. The SMILES string of the molecule is CCCC(NC(=O)Cc1ccccc1)C(=O)N(C)Cc1ccc(C(=O)O)cc1. The first kappa shape index (κ1) is 21.2. The Labute approximate surface area is 165 Å². The number of carbonyl (C=O) groups excluding carboxylic acids is 2. The minimum atomic E-state index is -0.986. The Morgan fingerprint density at radius 3 is 2.21 bits per heavy atom. The number of hydrogen-bond acceptors (Lipinski definition) is 3. The molecule has 0 heterocycles. The van der Waals surface area contributed by atoms with Gasteiger partial charge in [-0.1, -0.05) is 55.8 Å². The van der Waals surface area contributed by atoms with Gasteiger partial charge in [-0.05, 0) is 29.7 Å². The molecule has 1 atom stereocenters. The molecule has 0 radical (unpaired) electrons. The Morgan fingerprint density at radius 1 is 1.00 bits per heavy atom. The summed E-state index contributed by atoms with van der Waals surface area (Å²) < 4.78 is 0. The molecule has 2 aromatic carbocycles. The number of carboxylic acid groups (broad SMARTS) is 1. The highest BCUT2D eigenvalue weighted by atomic mass is 16.4. The van der Waals surface area contributed by atoms with Gasteiger partial charge in [-0.25, -0.2) is 4.79 Å². The molecule has 2 aromatic rings. The van der Waals surface area contributed by atoms with Crippen LogP contribution in [0, 0.1) is 0 Å². The molecule has 0 spiro atoms. The number of rotatable bonds is 9. The van der Waals surface area contributed by atoms with Crippen LogP contribution in [0.25, 0.3) is 0 Å². The van der Waals surface area contributed by atoms with E-state index in [1.165, 1.54) is 12.1 Å². The number of carboxylic acids is 1. The van der Waals surface area contributed by atoms with E-state index in [1.807, 2.05) is 37.3 Å². The second-order valence-corrected chi connectivity index (χ2v) is 6.77. The van der Waals surface area contributed by atoms with Gasteiger partial charge in [0.15, 0.2) is 0 Å². The minimum Gasteiger partial charge on any atom is -0.478 e. The van der Waals surface area contributed by atoms with Crippen molar-refractivity contribution in [2.75, 3.05) is 7.05 Å². The largest absolute Gasteiger partial charge is 0.478 e. The van der Waals surface area contributed by atoms with Crippen molar-refractivity contribution in [3.63, 3.8) is 0 Å². The molecule has 2 rings (SSSR count). The van der Waals surface area contributed by atoms with E-state index in [0.29, 0.717) is 13.0 Å². The second-order valence-electron chi connectivity index (χ2n) is 6.77. The molecule has 28 heavy (non-hydrogen) atoms. The maximum atomic E-state index is 12.8. The van der Waals surface area contributed by atoms with Crippen LogP contribution in [0.1, 0.15) is 41.3 Å². The summed E-state index contributed by atoms with van der Waals surface area (Å²) in [6, 6.07) is 15.2. The molecule has 0 aliphatic carbocycles. The lowest BCUT2D eigenvalue weighted by atomic mass is 10.1. The zero-order valence-corrected chi connectivity index (χ0v) is 16.2. The summed E-state index contributed by atoms with van der Waals surface area (Å²) in [7, 11) is 1.68. The quantitative estimate of drug-likeness (QED) is 0.698. The van der Waals surface area contributed by atoms with Crippen molar-refractivity contribution in [2.45, 2.75) is 38.8 Å². The first-order valence-electron chi connectivity index (χ1n) is 9.31. The Kier molecular flexibility index (Phi) is 7.75. The molecule has 0 saturated carbocycles. The predicted molar refractivity (Wildman–Crippen MR) is 107 cm³/mol. The minimum absolute atomic E-state index is 0.162. The Balaban J connectivity index is 1.98. The monoisotopic (exact) mass is 382 g/mol. The van der Waals surface area contributed by atoms with Crippen LogP contribution in [0.5, 0.6) is 0 Å². The highest BCUT2D eigenvalue weighted by Crippen LogP contribution is 2.10. The summed E-state index contributed by atoms with van der Waals surface area (Å²) >= 11 is 0. The van der Waals surface area contributed by atoms with Crippen LogP contribution in [-0.4, -0.2) is 40.9 Å². The van der Waals surface area contributed by atoms with E-state index >= 15 is 0 Å². The predicted octanol–water partition coefficient (Wildman–Crippen LogP) is 2.87. The van der Waals surface area contributed by atoms with E-state index in [1.54, 1.807) is 24.1 Å². The number of carbonyl (C=O) groups is 3. The Bertz CT molecular complexity index is 803. The van der Waals surface area contributed by atoms with E-state index in [4.69, 9.17) is 5.11 Å². The number of benzene rings is 2. The molecule has 6 heteroatoms. The third-order valence-corrected chi connectivity index (χ3v) is 4.42. The molecule has 148 valence electrons. The number of nitrogens with zero attached hydrogens (tertiary/aromatic N) is 1. The Morgan fingerprint density at radius 2 is 1.64 bits per heavy atom. The highest BCUT2D eigenvalue weighted by Gasteiger charge is 2.23. The van der Waals surface area contributed by atoms with Crippen LogP contribution in [0.15, 0.2) is 54.6 Å². The number of nitrogens with one attached hydrogen (secondary N) is 1. The molecule has 0 aliphatic rings. The van der Waals surface area contributed by atoms with Gasteiger partial charge in [0.25, 0.3) is 0 Å². The molecule has 0 saturated heterocycles. The topological polar surface area (TPSA) is 86.7 Å². The average Bonchev–Trinajstić information content (AvgIpc) is 2.68. The van der Waals surface area contributed by atoms with Gasteiger partial charge in [0, 0.05) is 13.6 Å². The smallest absolute Gasteiger partial charge is 0.335 e. The molecule has 2 N–H and O–H groups in total. The maximum Gasteiger partial charge on any atom is 0.335 e. The standard InChI is InChI=1S/C22H26N2O4/c1-3-7-19(23-20(25)14-16-8-5-4-6-9-16)21(26)24(2)15-17-10-12-18(13-11-17)22(27)28/h4-6,8-13,19H,3,7,14-15H2,1-2H3,(H,23,25)(H,27,28). The lowest BCUT2D eigenvalue weighted by Gasteiger charge is -2.24. The van der Waals surface area contributed by atoms with Gasteiger partial charge < -0.3 is 15.3 Å². The van der Waals surface area contributed by atoms with Crippen LogP contribution >= 0.6 is 0 Å². The lowest BCUT2D eigenvalue weighted by Crippen LogP contribution is -2.47. The van der Waals surface area contributed by atoms with Crippen molar-refractivity contribution in [2.24, 2.45) is 0 Å². The van der Waals surface area contributed by atoms with Crippen LogP contribution in [0.4, 0.5) is 0 Å². The van der Waals surface area contributed by atoms with Crippen molar-refractivity contribution >= 4 is 17.8 Å². The molecule has 0 aromatic heterocycles. The summed E-state index contributed by atoms with van der Waals surface area (Å²) in [5.74, 6) is -1.33. The molecule has 0 aliphatic heterocycles. The van der Waals surface area contributed by atoms with Gasteiger partial charge in [-0.15, -0.1) is 0 Å². The van der Waals surface area contributed by atoms with Gasteiger partial charge in [0.2, 0.25) is 11.8 Å². The molecule has 1 unspecified atom stereocenters. The normalized spacial score (nSPS) is 11.5. The van der Waals surface area contributed by atoms with Crippen molar-refractivity contribution in [1.29, 1.82) is 0 Å². The highest BCUT2D eigenvalue weighted by molar-refractivity contribution is 5.88. The zero-order valence-electron chi connectivity index (χ0n) is 16.2. The zero-order chi connectivity index (χ0) is 20.5. The van der Waals surface area contributed by atoms with Crippen molar-refractivity contribution in [1.82, 2.24) is 10.2 Å². The van der Waals surface area contributed by atoms with Gasteiger partial charge in [0.05, 0.1) is 12.0 Å². The number of likely N-dealkylation sites (N-methyl/N-ethyl adjacent to an activating group) is 1. The average molecular weight is 382 g/mol. The van der Waals surface area contributed by atoms with E-state index in [0.717, 1.165) is 17.5 Å². The van der Waals surface area contributed by atoms with E-state index in [9.17, 15) is 14.4 Å². The molecule has 0 fully saturated rings. The molecule has 2 amide bonds. The maximum absolute atomic E-state index is 12.8. The number of aromatic carboxylic acids is 1. The fourth-order valence-corrected chi connectivity index (χ4v) is 2.94. The summed E-state index contributed by atoms with van der Waals surface area (Å²) in [6.07, 6.45) is 1.56. The third-order valence-electron chi connectivity index (χ3n) is 4.42. The van der Waals surface area contributed by atoms with Gasteiger partial charge in [0.1, 0.15) is 6.04 Å². The number of hydrogen-bond donors (Lipinski definition) is 2. The van der Waals surface area contributed by atoms with Crippen LogP contribution in [-0.2, 0) is 22.6 Å². The summed E-state index contributed by atoms with van der Waals surface area (Å²) in [6.45, 7) is 2.31. The van der Waals surface area contributed by atoms with Gasteiger partial charge >= 0.3 is 5.97 Å². The first-order valence-corrected chi connectivity index (χ1v) is 9.31. The number of amides is 2. The first-order chi connectivity index (χ1) is 13.4. The van der Waals surface area contributed by atoms with Crippen molar-refractivity contribution in [3.05, 3.63) is 71.3 Å². The summed E-state index contributed by atoms with van der Waals surface area (Å²) in [4.78, 5) is 37.7. The molecular formula is C22H26N2O4. The van der Waals surface area contributed by atoms with E-state index < -0.39 is 12.0 Å². The second kappa shape index (κ2) is 10.3. The van der Waals surface area contributed by atoms with Crippen LogP contribution < -0.4 is 5.32 Å². The van der Waals surface area contributed by atoms with Gasteiger partial charge in [-0.3, -0.25) is 9.59 Å². The van der Waals surface area contributed by atoms with Crippen molar-refractivity contribution in [3.8, 4) is 0 Å². The van der Waals surface area contributed by atoms with Crippen LogP contribution in [0.2, 0.25) is 0 Å². The molecular weight excluding hydrogens is 356 g/mol. The van der Waals surface area contributed by atoms with Crippen LogP contribution in [0.3, 0.4) is 0 Å². The van der Waals surface area contributed by atoms with Crippen molar-refractivity contribution < 1.29 is 19.5 Å². The lowest BCUT2D eigenvalue weighted by molar-refractivity contribution is -0.135. The van der Waals surface area contributed by atoms with Gasteiger partial charge in [-0.2, -0.15) is 0 Å². The fourth-order valence-electron chi connectivity index (χ4n) is 2.94. The fraction of sp³-hybridized carbons (Fsp3) is 0.318. The summed E-state index contributed by atoms with van der Waals surface area (Å²) in [5.41, 5.74) is 1.93.